The molecule has 2 unspecified atom stereocenters. The summed E-state index contributed by atoms with van der Waals surface area (Å²) >= 11 is 1.86. The van der Waals surface area contributed by atoms with Gasteiger partial charge in [-0.2, -0.15) is 11.8 Å². The summed E-state index contributed by atoms with van der Waals surface area (Å²) in [5.41, 5.74) is 0. The molecule has 1 aliphatic heterocycles. The van der Waals surface area contributed by atoms with E-state index in [0.717, 1.165) is 25.8 Å². The minimum absolute atomic E-state index is 0.125. The molecule has 14 heavy (non-hydrogen) atoms. The average molecular weight is 217 g/mol. The Hall–Kier alpha value is 0.270. The topological polar surface area (TPSA) is 32.3 Å². The van der Waals surface area contributed by atoms with Gasteiger partial charge in [-0.15, -0.1) is 0 Å². The van der Waals surface area contributed by atoms with Crippen LogP contribution in [0.15, 0.2) is 0 Å². The van der Waals surface area contributed by atoms with Crippen LogP contribution in [0.4, 0.5) is 0 Å². The first kappa shape index (κ1) is 12.3. The summed E-state index contributed by atoms with van der Waals surface area (Å²) in [4.78, 5) is 0. The predicted molar refractivity (Wildman–Crippen MR) is 63.9 cm³/mol. The van der Waals surface area contributed by atoms with E-state index in [9.17, 15) is 5.11 Å². The van der Waals surface area contributed by atoms with Gasteiger partial charge in [-0.05, 0) is 44.2 Å². The second-order valence-electron chi connectivity index (χ2n) is 4.11. The molecule has 2 atom stereocenters. The van der Waals surface area contributed by atoms with E-state index in [1.165, 1.54) is 25.0 Å². The molecule has 1 heterocycles. The second kappa shape index (κ2) is 7.55. The van der Waals surface area contributed by atoms with Crippen LogP contribution in [0.3, 0.4) is 0 Å². The summed E-state index contributed by atoms with van der Waals surface area (Å²) < 4.78 is 0. The van der Waals surface area contributed by atoms with Gasteiger partial charge in [0.15, 0.2) is 0 Å². The fourth-order valence-electron chi connectivity index (χ4n) is 2.02. The number of aliphatic hydroxyl groups is 1. The van der Waals surface area contributed by atoms with E-state index in [1.54, 1.807) is 0 Å². The summed E-state index contributed by atoms with van der Waals surface area (Å²) in [6.07, 6.45) is 9.11. The van der Waals surface area contributed by atoms with Crippen molar-refractivity contribution in [3.8, 4) is 0 Å². The molecule has 1 fully saturated rings. The van der Waals surface area contributed by atoms with Crippen molar-refractivity contribution in [1.29, 1.82) is 0 Å². The minimum atomic E-state index is -0.125. The molecule has 1 saturated heterocycles. The van der Waals surface area contributed by atoms with Crippen molar-refractivity contribution in [3.63, 3.8) is 0 Å². The Morgan fingerprint density at radius 2 is 2.29 bits per heavy atom. The number of hydrogen-bond acceptors (Lipinski definition) is 3. The number of thioether (sulfide) groups is 1. The van der Waals surface area contributed by atoms with Crippen molar-refractivity contribution >= 4 is 11.8 Å². The zero-order chi connectivity index (χ0) is 10.2. The van der Waals surface area contributed by atoms with Gasteiger partial charge < -0.3 is 10.4 Å². The molecule has 0 aliphatic carbocycles. The van der Waals surface area contributed by atoms with Crippen LogP contribution < -0.4 is 5.32 Å². The molecule has 3 heteroatoms. The van der Waals surface area contributed by atoms with Gasteiger partial charge in [-0.25, -0.2) is 0 Å². The molecule has 1 aliphatic rings. The number of aliphatic hydroxyl groups excluding tert-OH is 1. The Bertz CT molecular complexity index is 135. The van der Waals surface area contributed by atoms with Crippen molar-refractivity contribution in [2.45, 2.75) is 50.7 Å². The maximum absolute atomic E-state index is 9.95. The first-order valence-corrected chi connectivity index (χ1v) is 7.14. The molecule has 0 radical (unpaired) electrons. The van der Waals surface area contributed by atoms with Crippen LogP contribution in [0.2, 0.25) is 0 Å². The van der Waals surface area contributed by atoms with Gasteiger partial charge >= 0.3 is 0 Å². The lowest BCUT2D eigenvalue weighted by atomic mass is 10.0. The van der Waals surface area contributed by atoms with Crippen molar-refractivity contribution in [2.75, 3.05) is 18.6 Å². The summed E-state index contributed by atoms with van der Waals surface area (Å²) in [5.74, 6) is 1.17. The van der Waals surface area contributed by atoms with E-state index < -0.39 is 0 Å². The summed E-state index contributed by atoms with van der Waals surface area (Å²) in [7, 11) is 0. The molecule has 0 spiro atoms. The molecule has 2 N–H and O–H groups in total. The molecule has 0 aromatic carbocycles. The third-order valence-corrected chi connectivity index (χ3v) is 3.61. The standard InChI is InChI=1S/C11H23NOS/c1-14-9-5-7-11(13)10-6-3-2-4-8-12-10/h10-13H,2-9H2,1H3. The molecule has 1 rings (SSSR count). The van der Waals surface area contributed by atoms with Crippen molar-refractivity contribution < 1.29 is 5.11 Å². The minimum Gasteiger partial charge on any atom is -0.392 e. The van der Waals surface area contributed by atoms with E-state index in [0.29, 0.717) is 6.04 Å². The molecule has 0 saturated carbocycles. The van der Waals surface area contributed by atoms with Crippen molar-refractivity contribution in [3.05, 3.63) is 0 Å². The SMILES string of the molecule is CSCCCC(O)C1CCCCCN1. The zero-order valence-electron chi connectivity index (χ0n) is 9.17. The van der Waals surface area contributed by atoms with E-state index in [4.69, 9.17) is 0 Å². The Kier molecular flexibility index (Phi) is 6.65. The first-order valence-electron chi connectivity index (χ1n) is 5.75. The van der Waals surface area contributed by atoms with Gasteiger partial charge in [0.1, 0.15) is 0 Å². The van der Waals surface area contributed by atoms with Crippen LogP contribution >= 0.6 is 11.8 Å². The van der Waals surface area contributed by atoms with Gasteiger partial charge in [0.2, 0.25) is 0 Å². The summed E-state index contributed by atoms with van der Waals surface area (Å²) in [6.45, 7) is 1.09. The fourth-order valence-corrected chi connectivity index (χ4v) is 2.48. The molecule has 0 aromatic rings. The van der Waals surface area contributed by atoms with Gasteiger partial charge in [-0.3, -0.25) is 0 Å². The quantitative estimate of drug-likeness (QED) is 0.691. The molecule has 2 nitrogen and oxygen atoms in total. The molecular formula is C11H23NOS. The van der Waals surface area contributed by atoms with Crippen LogP contribution in [0.1, 0.15) is 38.5 Å². The van der Waals surface area contributed by atoms with Crippen LogP contribution in [0, 0.1) is 0 Å². The summed E-state index contributed by atoms with van der Waals surface area (Å²) in [5, 5.41) is 13.4. The van der Waals surface area contributed by atoms with Crippen LogP contribution in [-0.4, -0.2) is 35.8 Å². The van der Waals surface area contributed by atoms with Gasteiger partial charge in [0.25, 0.3) is 0 Å². The van der Waals surface area contributed by atoms with Crippen molar-refractivity contribution in [2.24, 2.45) is 0 Å². The Morgan fingerprint density at radius 1 is 1.43 bits per heavy atom. The number of rotatable bonds is 5. The van der Waals surface area contributed by atoms with Crippen LogP contribution in [0.5, 0.6) is 0 Å². The third-order valence-electron chi connectivity index (χ3n) is 2.91. The molecule has 0 bridgehead atoms. The second-order valence-corrected chi connectivity index (χ2v) is 5.10. The molecule has 0 aromatic heterocycles. The normalized spacial score (nSPS) is 25.7. The Labute approximate surface area is 91.9 Å². The highest BCUT2D eigenvalue weighted by atomic mass is 32.2. The van der Waals surface area contributed by atoms with E-state index >= 15 is 0 Å². The average Bonchev–Trinajstić information content (AvgIpc) is 2.46. The highest BCUT2D eigenvalue weighted by Gasteiger charge is 2.19. The van der Waals surface area contributed by atoms with E-state index in [2.05, 4.69) is 11.6 Å². The lowest BCUT2D eigenvalue weighted by Gasteiger charge is -2.22. The van der Waals surface area contributed by atoms with Crippen molar-refractivity contribution in [1.82, 2.24) is 5.32 Å². The molecular weight excluding hydrogens is 194 g/mol. The van der Waals surface area contributed by atoms with Crippen LogP contribution in [-0.2, 0) is 0 Å². The maximum Gasteiger partial charge on any atom is 0.0693 e. The first-order chi connectivity index (χ1) is 6.84. The largest absolute Gasteiger partial charge is 0.392 e. The lowest BCUT2D eigenvalue weighted by Crippen LogP contribution is -2.39. The monoisotopic (exact) mass is 217 g/mol. The number of hydrogen-bond donors (Lipinski definition) is 2. The highest BCUT2D eigenvalue weighted by Crippen LogP contribution is 2.14. The molecule has 0 amide bonds. The maximum atomic E-state index is 9.95. The highest BCUT2D eigenvalue weighted by molar-refractivity contribution is 7.98. The van der Waals surface area contributed by atoms with Crippen LogP contribution in [0.25, 0.3) is 0 Å². The Morgan fingerprint density at radius 3 is 3.07 bits per heavy atom. The predicted octanol–water partition coefficient (Wildman–Crippen LogP) is 2.02. The van der Waals surface area contributed by atoms with Gasteiger partial charge in [0.05, 0.1) is 6.10 Å². The van der Waals surface area contributed by atoms with E-state index in [1.807, 2.05) is 11.8 Å². The Balaban J connectivity index is 2.16. The fraction of sp³-hybridized carbons (Fsp3) is 1.00. The summed E-state index contributed by atoms with van der Waals surface area (Å²) in [6, 6.07) is 0.361. The molecule has 84 valence electrons. The van der Waals surface area contributed by atoms with E-state index in [-0.39, 0.29) is 6.10 Å². The zero-order valence-corrected chi connectivity index (χ0v) is 9.98. The lowest BCUT2D eigenvalue weighted by molar-refractivity contribution is 0.116. The number of nitrogens with one attached hydrogen (secondary N) is 1. The van der Waals surface area contributed by atoms with Gasteiger partial charge in [-0.1, -0.05) is 12.8 Å². The smallest absolute Gasteiger partial charge is 0.0693 e. The third kappa shape index (κ3) is 4.67. The van der Waals surface area contributed by atoms with Gasteiger partial charge in [0, 0.05) is 6.04 Å².